The molecule has 1 rings (SSSR count). The third-order valence-corrected chi connectivity index (χ3v) is 2.86. The normalized spacial score (nSPS) is 14.4. The van der Waals surface area contributed by atoms with Crippen LogP contribution in [0.1, 0.15) is 38.8 Å². The highest BCUT2D eigenvalue weighted by molar-refractivity contribution is 5.77. The van der Waals surface area contributed by atoms with Gasteiger partial charge in [-0.05, 0) is 30.5 Å². The van der Waals surface area contributed by atoms with Crippen LogP contribution in [0.5, 0.6) is 0 Å². The molecule has 0 bridgehead atoms. The molecule has 17 heavy (non-hydrogen) atoms. The van der Waals surface area contributed by atoms with Crippen molar-refractivity contribution in [1.29, 1.82) is 0 Å². The number of pyridine rings is 1. The van der Waals surface area contributed by atoms with Gasteiger partial charge in [0.05, 0.1) is 6.04 Å². The van der Waals surface area contributed by atoms with Gasteiger partial charge in [0.15, 0.2) is 0 Å². The average Bonchev–Trinajstić information content (AvgIpc) is 2.29. The number of nitrogens with two attached hydrogens (primary N) is 1. The van der Waals surface area contributed by atoms with Crippen LogP contribution in [0.15, 0.2) is 24.5 Å². The highest BCUT2D eigenvalue weighted by Gasteiger charge is 2.15. The van der Waals surface area contributed by atoms with Crippen molar-refractivity contribution in [3.63, 3.8) is 0 Å². The smallest absolute Gasteiger partial charge is 0.222 e. The molecular weight excluding hydrogens is 214 g/mol. The first-order chi connectivity index (χ1) is 8.00. The van der Waals surface area contributed by atoms with Gasteiger partial charge in [-0.3, -0.25) is 9.78 Å². The maximum atomic E-state index is 11.7. The highest BCUT2D eigenvalue weighted by Crippen LogP contribution is 2.11. The minimum atomic E-state index is -0.0837. The summed E-state index contributed by atoms with van der Waals surface area (Å²) < 4.78 is 0. The third-order valence-electron chi connectivity index (χ3n) is 2.86. The Hall–Kier alpha value is -1.42. The zero-order valence-electron chi connectivity index (χ0n) is 10.7. The Morgan fingerprint density at radius 3 is 2.47 bits per heavy atom. The monoisotopic (exact) mass is 235 g/mol. The first kappa shape index (κ1) is 13.6. The summed E-state index contributed by atoms with van der Waals surface area (Å²) in [5.74, 6) is 0.312. The van der Waals surface area contributed by atoms with Gasteiger partial charge in [-0.15, -0.1) is 0 Å². The van der Waals surface area contributed by atoms with Gasteiger partial charge in [0.1, 0.15) is 0 Å². The molecule has 0 spiro atoms. The van der Waals surface area contributed by atoms with E-state index in [-0.39, 0.29) is 18.0 Å². The number of aromatic nitrogens is 1. The molecule has 1 heterocycles. The first-order valence-electron chi connectivity index (χ1n) is 5.95. The molecule has 4 nitrogen and oxygen atoms in total. The number of carbonyl (C=O) groups is 1. The second-order valence-electron chi connectivity index (χ2n) is 4.68. The van der Waals surface area contributed by atoms with Gasteiger partial charge in [0, 0.05) is 24.9 Å². The van der Waals surface area contributed by atoms with Gasteiger partial charge in [0.2, 0.25) is 5.91 Å². The van der Waals surface area contributed by atoms with Crippen LogP contribution in [0, 0.1) is 5.92 Å². The number of nitrogens with one attached hydrogen (secondary N) is 1. The summed E-state index contributed by atoms with van der Waals surface area (Å²) in [6, 6.07) is 3.70. The summed E-state index contributed by atoms with van der Waals surface area (Å²) in [5.41, 5.74) is 6.91. The average molecular weight is 235 g/mol. The van der Waals surface area contributed by atoms with Crippen molar-refractivity contribution in [2.75, 3.05) is 0 Å². The summed E-state index contributed by atoms with van der Waals surface area (Å²) in [6.07, 6.45) is 3.81. The van der Waals surface area contributed by atoms with Crippen molar-refractivity contribution in [3.05, 3.63) is 30.1 Å². The van der Waals surface area contributed by atoms with E-state index in [9.17, 15) is 4.79 Å². The number of nitrogens with zero attached hydrogens (tertiary/aromatic N) is 1. The molecule has 0 aromatic carbocycles. The van der Waals surface area contributed by atoms with E-state index in [0.29, 0.717) is 12.3 Å². The number of rotatable bonds is 5. The molecule has 3 N–H and O–H groups in total. The van der Waals surface area contributed by atoms with E-state index in [1.165, 1.54) is 0 Å². The molecule has 1 amide bonds. The molecule has 0 aliphatic rings. The zero-order chi connectivity index (χ0) is 12.8. The van der Waals surface area contributed by atoms with Crippen molar-refractivity contribution in [1.82, 2.24) is 10.3 Å². The fraction of sp³-hybridized carbons (Fsp3) is 0.538. The van der Waals surface area contributed by atoms with Crippen molar-refractivity contribution >= 4 is 5.91 Å². The molecular formula is C13H21N3O. The lowest BCUT2D eigenvalue weighted by Crippen LogP contribution is -2.35. The predicted molar refractivity (Wildman–Crippen MR) is 68.2 cm³/mol. The first-order valence-corrected chi connectivity index (χ1v) is 5.95. The SMILES string of the molecule is CC(C)C(N)CC(=O)N[C@@H](C)c1ccncc1. The van der Waals surface area contributed by atoms with E-state index < -0.39 is 0 Å². The molecule has 0 aliphatic carbocycles. The summed E-state index contributed by atoms with van der Waals surface area (Å²) >= 11 is 0. The number of carbonyl (C=O) groups excluding carboxylic acids is 1. The van der Waals surface area contributed by atoms with Crippen LogP contribution in [0.4, 0.5) is 0 Å². The molecule has 0 aliphatic heterocycles. The molecule has 1 unspecified atom stereocenters. The summed E-state index contributed by atoms with van der Waals surface area (Å²) in [6.45, 7) is 5.99. The molecule has 0 radical (unpaired) electrons. The Morgan fingerprint density at radius 1 is 1.35 bits per heavy atom. The summed E-state index contributed by atoms with van der Waals surface area (Å²) in [7, 11) is 0. The predicted octanol–water partition coefficient (Wildman–Crippen LogP) is 1.63. The lowest BCUT2D eigenvalue weighted by atomic mass is 10.0. The lowest BCUT2D eigenvalue weighted by molar-refractivity contribution is -0.122. The molecule has 4 heteroatoms. The molecule has 2 atom stereocenters. The van der Waals surface area contributed by atoms with Gasteiger partial charge >= 0.3 is 0 Å². The van der Waals surface area contributed by atoms with Crippen LogP contribution in [0.2, 0.25) is 0 Å². The van der Waals surface area contributed by atoms with Crippen LogP contribution in [0.3, 0.4) is 0 Å². The van der Waals surface area contributed by atoms with Gasteiger partial charge in [0.25, 0.3) is 0 Å². The van der Waals surface area contributed by atoms with Crippen LogP contribution in [-0.4, -0.2) is 16.9 Å². The Balaban J connectivity index is 2.47. The maximum absolute atomic E-state index is 11.7. The van der Waals surface area contributed by atoms with E-state index in [0.717, 1.165) is 5.56 Å². The van der Waals surface area contributed by atoms with E-state index >= 15 is 0 Å². The number of hydrogen-bond acceptors (Lipinski definition) is 3. The Labute approximate surface area is 103 Å². The standard InChI is InChI=1S/C13H21N3O/c1-9(2)12(14)8-13(17)16-10(3)11-4-6-15-7-5-11/h4-7,9-10,12H,8,14H2,1-3H3,(H,16,17)/t10-,12?/m0/s1. The molecule has 1 aromatic heterocycles. The van der Waals surface area contributed by atoms with Gasteiger partial charge < -0.3 is 11.1 Å². The second-order valence-corrected chi connectivity index (χ2v) is 4.68. The molecule has 0 saturated heterocycles. The summed E-state index contributed by atoms with van der Waals surface area (Å²) in [5, 5.41) is 2.94. The van der Waals surface area contributed by atoms with Gasteiger partial charge in [-0.1, -0.05) is 13.8 Å². The Bertz CT molecular complexity index is 351. The second kappa shape index (κ2) is 6.35. The van der Waals surface area contributed by atoms with Crippen molar-refractivity contribution in [2.45, 2.75) is 39.3 Å². The Kier molecular flexibility index (Phi) is 5.10. The fourth-order valence-electron chi connectivity index (χ4n) is 1.49. The van der Waals surface area contributed by atoms with E-state index in [1.54, 1.807) is 12.4 Å². The van der Waals surface area contributed by atoms with Crippen molar-refractivity contribution in [3.8, 4) is 0 Å². The minimum Gasteiger partial charge on any atom is -0.350 e. The zero-order valence-corrected chi connectivity index (χ0v) is 10.7. The van der Waals surface area contributed by atoms with Crippen LogP contribution < -0.4 is 11.1 Å². The van der Waals surface area contributed by atoms with Gasteiger partial charge in [-0.2, -0.15) is 0 Å². The van der Waals surface area contributed by atoms with Crippen LogP contribution >= 0.6 is 0 Å². The van der Waals surface area contributed by atoms with Gasteiger partial charge in [-0.25, -0.2) is 0 Å². The van der Waals surface area contributed by atoms with Crippen LogP contribution in [-0.2, 0) is 4.79 Å². The third kappa shape index (κ3) is 4.53. The summed E-state index contributed by atoms with van der Waals surface area (Å²) in [4.78, 5) is 15.7. The van der Waals surface area contributed by atoms with E-state index in [2.05, 4.69) is 10.3 Å². The van der Waals surface area contributed by atoms with Crippen LogP contribution in [0.25, 0.3) is 0 Å². The number of amides is 1. The lowest BCUT2D eigenvalue weighted by Gasteiger charge is -2.18. The fourth-order valence-corrected chi connectivity index (χ4v) is 1.49. The van der Waals surface area contributed by atoms with E-state index in [4.69, 9.17) is 5.73 Å². The van der Waals surface area contributed by atoms with Crippen molar-refractivity contribution < 1.29 is 4.79 Å². The molecule has 94 valence electrons. The minimum absolute atomic E-state index is 0.00416. The maximum Gasteiger partial charge on any atom is 0.222 e. The highest BCUT2D eigenvalue weighted by atomic mass is 16.1. The molecule has 0 saturated carbocycles. The van der Waals surface area contributed by atoms with Crippen molar-refractivity contribution in [2.24, 2.45) is 11.7 Å². The Morgan fingerprint density at radius 2 is 1.94 bits per heavy atom. The number of hydrogen-bond donors (Lipinski definition) is 2. The largest absolute Gasteiger partial charge is 0.350 e. The van der Waals surface area contributed by atoms with E-state index in [1.807, 2.05) is 32.9 Å². The quantitative estimate of drug-likeness (QED) is 0.815. The molecule has 0 fully saturated rings. The molecule has 1 aromatic rings. The topological polar surface area (TPSA) is 68.0 Å².